The van der Waals surface area contributed by atoms with Gasteiger partial charge in [-0.1, -0.05) is 104 Å². The van der Waals surface area contributed by atoms with Crippen LogP contribution in [0.15, 0.2) is 138 Å². The number of pyridine rings is 2. The molecule has 6 aromatic rings. The van der Waals surface area contributed by atoms with Gasteiger partial charge >= 0.3 is 0 Å². The van der Waals surface area contributed by atoms with Gasteiger partial charge in [-0.25, -0.2) is 9.97 Å². The van der Waals surface area contributed by atoms with Crippen molar-refractivity contribution in [3.05, 3.63) is 166 Å². The highest BCUT2D eigenvalue weighted by atomic mass is 79.9. The first kappa shape index (κ1) is 68.2. The minimum Gasteiger partial charge on any atom is -0.491 e. The molecule has 0 amide bonds. The van der Waals surface area contributed by atoms with E-state index in [0.29, 0.717) is 120 Å². The molecule has 0 fully saturated rings. The molecule has 0 radical (unpaired) electrons. The van der Waals surface area contributed by atoms with Crippen LogP contribution in [0.25, 0.3) is 0 Å². The summed E-state index contributed by atoms with van der Waals surface area (Å²) in [4.78, 5) is 9.16. The number of benzene rings is 4. The lowest BCUT2D eigenvalue weighted by molar-refractivity contribution is 0.0180. The molecule has 2 aromatic heterocycles. The lowest BCUT2D eigenvalue weighted by Crippen LogP contribution is -2.22. The zero-order valence-corrected chi connectivity index (χ0v) is 53.0. The Kier molecular flexibility index (Phi) is 32.4. The van der Waals surface area contributed by atoms with E-state index in [2.05, 4.69) is 68.8 Å². The van der Waals surface area contributed by atoms with Crippen LogP contribution in [-0.4, -0.2) is 125 Å². The summed E-state index contributed by atoms with van der Waals surface area (Å²) in [5.74, 6) is 11.2. The van der Waals surface area contributed by atoms with E-state index in [1.807, 2.05) is 149 Å². The van der Waals surface area contributed by atoms with Gasteiger partial charge in [-0.2, -0.15) is 0 Å². The fraction of sp³-hybridized carbons (Fsp3) is 0.397. The van der Waals surface area contributed by atoms with Crippen LogP contribution in [0.4, 0.5) is 0 Å². The Morgan fingerprint density at radius 1 is 0.457 bits per heavy atom. The molecule has 2 atom stereocenters. The predicted molar refractivity (Wildman–Crippen MR) is 332 cm³/mol. The second kappa shape index (κ2) is 38.5. The number of aromatic nitrogens is 2. The lowest BCUT2D eigenvalue weighted by atomic mass is 10.1. The standard InChI is InChI=1S/C30H36NO6P.C18H28O4Si.C15H17BrNO2P/c1-4-27-23-26(24-30(31-27)38(32,37-5-2)29-9-7-6-8-10-29)12-11-25-13-15-28(16-14-25)36-22-21-35-20-19-34-18-17-33-3;1-19-10-11-20-12-13-21-14-15-22-18-7-5-17(6-8-18)9-16-23(2,3)4;1-3-13-10-12(16)11-15(17-13)20(18,19-4-2)14-8-6-5-7-9-14/h6-10,13-16,23-24H,4-5,17-22H2,1-3H3;5-8H,10-15H2,1-4H3;5-11H,3-4H2,1-2H3. The van der Waals surface area contributed by atoms with Crippen molar-refractivity contribution in [1.29, 1.82) is 0 Å². The summed E-state index contributed by atoms with van der Waals surface area (Å²) in [5, 5.41) is 1.30. The Bertz CT molecular complexity index is 2950. The molecule has 4 aromatic carbocycles. The van der Waals surface area contributed by atoms with Gasteiger partial charge < -0.3 is 46.9 Å². The average Bonchev–Trinajstić information content (AvgIpc) is 3.51. The summed E-state index contributed by atoms with van der Waals surface area (Å²) in [5.41, 5.74) is 8.59. The van der Waals surface area contributed by atoms with Gasteiger partial charge in [-0.3, -0.25) is 9.13 Å². The monoisotopic (exact) mass is 1230 g/mol. The number of hydrogen-bond acceptors (Lipinski definition) is 14. The van der Waals surface area contributed by atoms with Crippen LogP contribution in [0, 0.1) is 23.3 Å². The van der Waals surface area contributed by atoms with Crippen molar-refractivity contribution in [2.24, 2.45) is 0 Å². The number of rotatable bonds is 30. The molecule has 0 spiro atoms. The number of hydrogen-bond donors (Lipinski definition) is 0. The third-order valence-electron chi connectivity index (χ3n) is 11.1. The van der Waals surface area contributed by atoms with E-state index in [1.54, 1.807) is 26.4 Å². The molecule has 81 heavy (non-hydrogen) atoms. The average molecular weight is 1230 g/mol. The van der Waals surface area contributed by atoms with Gasteiger partial charge in [0.15, 0.2) is 0 Å². The van der Waals surface area contributed by atoms with E-state index >= 15 is 0 Å². The Balaban J connectivity index is 0.000000281. The molecule has 2 unspecified atom stereocenters. The molecule has 0 bridgehead atoms. The van der Waals surface area contributed by atoms with Crippen LogP contribution >= 0.6 is 30.7 Å². The van der Waals surface area contributed by atoms with E-state index in [9.17, 15) is 9.13 Å². The van der Waals surface area contributed by atoms with Crippen LogP contribution in [-0.2, 0) is 59.4 Å². The van der Waals surface area contributed by atoms with Crippen LogP contribution in [0.5, 0.6) is 11.5 Å². The number of nitrogens with zero attached hydrogens (tertiary/aromatic N) is 2. The molecule has 0 aliphatic rings. The second-order valence-electron chi connectivity index (χ2n) is 18.6. The van der Waals surface area contributed by atoms with Gasteiger partial charge in [0.1, 0.15) is 43.7 Å². The molecule has 0 saturated heterocycles. The Hall–Kier alpha value is -5.26. The summed E-state index contributed by atoms with van der Waals surface area (Å²) in [6, 6.07) is 41.4. The van der Waals surface area contributed by atoms with Crippen molar-refractivity contribution in [3.63, 3.8) is 0 Å². The number of ether oxygens (including phenoxy) is 8. The van der Waals surface area contributed by atoms with Gasteiger partial charge in [0.05, 0.1) is 79.3 Å². The summed E-state index contributed by atoms with van der Waals surface area (Å²) >= 11 is 3.45. The number of methoxy groups -OCH3 is 2. The van der Waals surface area contributed by atoms with E-state index in [0.717, 1.165) is 50.5 Å². The molecule has 2 heterocycles. The molecule has 0 N–H and O–H groups in total. The largest absolute Gasteiger partial charge is 0.491 e. The molecule has 0 saturated carbocycles. The second-order valence-corrected chi connectivity index (χ2v) is 28.9. The minimum absolute atomic E-state index is 0.315. The maximum absolute atomic E-state index is 14.0. The number of aryl methyl sites for hydroxylation is 2. The van der Waals surface area contributed by atoms with Crippen molar-refractivity contribution in [3.8, 4) is 34.8 Å². The smallest absolute Gasteiger partial charge is 0.279 e. The SMILES string of the molecule is CCOP(=O)(c1ccccc1)c1cc(Br)cc(CC)n1.CCOP(=O)(c1ccccc1)c1cc(C#Cc2ccc(OCCOCCOCCOC)cc2)cc(CC)n1.COCCOCCOCCOc1ccc(C#C[Si](C)(C)C)cc1. The summed E-state index contributed by atoms with van der Waals surface area (Å²) in [6.45, 7) is 21.7. The van der Waals surface area contributed by atoms with Crippen molar-refractivity contribution >= 4 is 60.2 Å². The first-order valence-corrected chi connectivity index (χ1v) is 34.8. The van der Waals surface area contributed by atoms with Crippen molar-refractivity contribution in [2.45, 2.75) is 60.2 Å². The molecule has 14 nitrogen and oxygen atoms in total. The molecule has 0 aliphatic carbocycles. The summed E-state index contributed by atoms with van der Waals surface area (Å²) < 4.78 is 82.4. The minimum atomic E-state index is -3.34. The van der Waals surface area contributed by atoms with Crippen LogP contribution in [0.1, 0.15) is 55.8 Å². The van der Waals surface area contributed by atoms with Gasteiger partial charge in [0, 0.05) is 57.4 Å². The summed E-state index contributed by atoms with van der Waals surface area (Å²) in [6.07, 6.45) is 1.48. The Morgan fingerprint density at radius 3 is 1.25 bits per heavy atom. The van der Waals surface area contributed by atoms with E-state index < -0.39 is 22.8 Å². The van der Waals surface area contributed by atoms with Gasteiger partial charge in [-0.15, -0.1) is 5.54 Å². The highest BCUT2D eigenvalue weighted by Gasteiger charge is 2.31. The molecule has 436 valence electrons. The van der Waals surface area contributed by atoms with Crippen molar-refractivity contribution in [1.82, 2.24) is 9.97 Å². The van der Waals surface area contributed by atoms with Crippen LogP contribution in [0.3, 0.4) is 0 Å². The number of halogens is 1. The quantitative estimate of drug-likeness (QED) is 0.0182. The zero-order chi connectivity index (χ0) is 58.6. The Labute approximate surface area is 491 Å². The topological polar surface area (TPSA) is 152 Å². The van der Waals surface area contributed by atoms with Gasteiger partial charge in [0.25, 0.3) is 14.7 Å². The van der Waals surface area contributed by atoms with E-state index in [-0.39, 0.29) is 0 Å². The molecular formula is C63H81BrN2O12P2Si. The summed E-state index contributed by atoms with van der Waals surface area (Å²) in [7, 11) is -4.49. The predicted octanol–water partition coefficient (Wildman–Crippen LogP) is 11.0. The lowest BCUT2D eigenvalue weighted by Gasteiger charge is -2.18. The molecule has 6 rings (SSSR count). The Morgan fingerprint density at radius 2 is 0.840 bits per heavy atom. The van der Waals surface area contributed by atoms with E-state index in [4.69, 9.17) is 46.9 Å². The zero-order valence-electron chi connectivity index (χ0n) is 48.6. The van der Waals surface area contributed by atoms with Gasteiger partial charge in [-0.05, 0) is 124 Å². The normalized spacial score (nSPS) is 12.4. The third kappa shape index (κ3) is 25.8. The maximum Gasteiger partial charge on any atom is 0.279 e. The molecule has 0 aliphatic heterocycles. The highest BCUT2D eigenvalue weighted by Crippen LogP contribution is 2.45. The van der Waals surface area contributed by atoms with Crippen molar-refractivity contribution < 1.29 is 56.1 Å². The van der Waals surface area contributed by atoms with Gasteiger partial charge in [0.2, 0.25) is 0 Å². The maximum atomic E-state index is 14.0. The first-order chi connectivity index (χ1) is 39.2. The van der Waals surface area contributed by atoms with E-state index in [1.165, 1.54) is 0 Å². The molecular weight excluding hydrogens is 1150 g/mol. The third-order valence-corrected chi connectivity index (χ3v) is 17.3. The first-order valence-electron chi connectivity index (χ1n) is 27.3. The fourth-order valence-electron chi connectivity index (χ4n) is 7.04. The highest BCUT2D eigenvalue weighted by molar-refractivity contribution is 9.10. The molecule has 18 heteroatoms. The van der Waals surface area contributed by atoms with Crippen LogP contribution in [0.2, 0.25) is 19.6 Å². The van der Waals surface area contributed by atoms with Crippen LogP contribution < -0.4 is 31.0 Å². The fourth-order valence-corrected chi connectivity index (χ4v) is 12.3. The van der Waals surface area contributed by atoms with Crippen molar-refractivity contribution in [2.75, 3.05) is 107 Å².